The normalized spacial score (nSPS) is 10.3. The highest BCUT2D eigenvalue weighted by Crippen LogP contribution is 2.34. The van der Waals surface area contributed by atoms with Crippen LogP contribution in [-0.2, 0) is 0 Å². The molecule has 0 aliphatic carbocycles. The Morgan fingerprint density at radius 3 is 2.35 bits per heavy atom. The summed E-state index contributed by atoms with van der Waals surface area (Å²) in [5.74, 6) is -0.597. The molecular weight excluding hydrogens is 264 g/mol. The Morgan fingerprint density at radius 1 is 1.05 bits per heavy atom. The Labute approximate surface area is 115 Å². The molecule has 0 fully saturated rings. The molecule has 0 amide bonds. The topological polar surface area (TPSA) is 44.5 Å². The van der Waals surface area contributed by atoms with Gasteiger partial charge in [0.25, 0.3) is 0 Å². The minimum atomic E-state index is -0.711. The van der Waals surface area contributed by atoms with Crippen molar-refractivity contribution in [1.82, 2.24) is 0 Å². The van der Waals surface area contributed by atoms with Crippen LogP contribution in [0.5, 0.6) is 17.2 Å². The predicted molar refractivity (Wildman–Crippen MR) is 73.1 cm³/mol. The first kappa shape index (κ1) is 14.1. The van der Waals surface area contributed by atoms with Crippen molar-refractivity contribution >= 4 is 5.69 Å². The molecule has 5 heteroatoms. The lowest BCUT2D eigenvalue weighted by Crippen LogP contribution is -2.00. The zero-order chi connectivity index (χ0) is 14.5. The molecule has 0 bridgehead atoms. The number of anilines is 1. The molecule has 20 heavy (non-hydrogen) atoms. The standard InChI is InChI=1S/C15H15F2NO2/c1-2-6-19-13-4-3-5-14(15(13)18)20-12-8-10(16)7-11(17)9-12/h3-5,7-9H,2,6,18H2,1H3. The zero-order valence-corrected chi connectivity index (χ0v) is 11.0. The molecule has 0 saturated heterocycles. The summed E-state index contributed by atoms with van der Waals surface area (Å²) in [4.78, 5) is 0. The van der Waals surface area contributed by atoms with Crippen molar-refractivity contribution in [2.45, 2.75) is 13.3 Å². The fourth-order valence-corrected chi connectivity index (χ4v) is 1.67. The molecule has 0 radical (unpaired) electrons. The maximum Gasteiger partial charge on any atom is 0.154 e. The fraction of sp³-hybridized carbons (Fsp3) is 0.200. The lowest BCUT2D eigenvalue weighted by molar-refractivity contribution is 0.318. The summed E-state index contributed by atoms with van der Waals surface area (Å²) in [6.45, 7) is 2.51. The van der Waals surface area contributed by atoms with Crippen molar-refractivity contribution in [2.75, 3.05) is 12.3 Å². The first-order chi connectivity index (χ1) is 9.60. The van der Waals surface area contributed by atoms with Gasteiger partial charge in [0, 0.05) is 18.2 Å². The van der Waals surface area contributed by atoms with Crippen molar-refractivity contribution in [3.63, 3.8) is 0 Å². The molecule has 106 valence electrons. The van der Waals surface area contributed by atoms with Crippen molar-refractivity contribution in [1.29, 1.82) is 0 Å². The third-order valence-corrected chi connectivity index (χ3v) is 2.55. The lowest BCUT2D eigenvalue weighted by atomic mass is 10.2. The molecule has 2 aromatic carbocycles. The number of hydrogen-bond acceptors (Lipinski definition) is 3. The first-order valence-electron chi connectivity index (χ1n) is 6.25. The Kier molecular flexibility index (Phi) is 4.40. The number of ether oxygens (including phenoxy) is 2. The third-order valence-electron chi connectivity index (χ3n) is 2.55. The Balaban J connectivity index is 2.24. The quantitative estimate of drug-likeness (QED) is 0.837. The summed E-state index contributed by atoms with van der Waals surface area (Å²) in [7, 11) is 0. The number of nitrogen functional groups attached to an aromatic ring is 1. The van der Waals surface area contributed by atoms with Crippen molar-refractivity contribution in [2.24, 2.45) is 0 Å². The molecule has 0 saturated carbocycles. The van der Waals surface area contributed by atoms with E-state index in [1.165, 1.54) is 0 Å². The summed E-state index contributed by atoms with van der Waals surface area (Å²) in [5, 5.41) is 0. The number of rotatable bonds is 5. The molecule has 2 N–H and O–H groups in total. The van der Waals surface area contributed by atoms with E-state index in [1.54, 1.807) is 18.2 Å². The molecule has 2 aromatic rings. The van der Waals surface area contributed by atoms with Gasteiger partial charge in [-0.25, -0.2) is 8.78 Å². The highest BCUT2D eigenvalue weighted by atomic mass is 19.1. The molecule has 2 rings (SSSR count). The second-order valence-electron chi connectivity index (χ2n) is 4.22. The van der Waals surface area contributed by atoms with Crippen molar-refractivity contribution in [3.8, 4) is 17.2 Å². The van der Waals surface area contributed by atoms with Crippen LogP contribution in [0.15, 0.2) is 36.4 Å². The smallest absolute Gasteiger partial charge is 0.154 e. The maximum absolute atomic E-state index is 13.1. The number of benzene rings is 2. The molecule has 0 unspecified atom stereocenters. The van der Waals surface area contributed by atoms with E-state index in [9.17, 15) is 8.78 Å². The fourth-order valence-electron chi connectivity index (χ4n) is 1.67. The van der Waals surface area contributed by atoms with Gasteiger partial charge in [0.2, 0.25) is 0 Å². The first-order valence-corrected chi connectivity index (χ1v) is 6.25. The van der Waals surface area contributed by atoms with Gasteiger partial charge in [-0.15, -0.1) is 0 Å². The minimum absolute atomic E-state index is 0.0434. The molecule has 0 spiro atoms. The highest BCUT2D eigenvalue weighted by Gasteiger charge is 2.09. The predicted octanol–water partition coefficient (Wildman–Crippen LogP) is 4.13. The summed E-state index contributed by atoms with van der Waals surface area (Å²) in [5.41, 5.74) is 6.21. The SMILES string of the molecule is CCCOc1cccc(Oc2cc(F)cc(F)c2)c1N. The van der Waals surface area contributed by atoms with E-state index in [-0.39, 0.29) is 5.75 Å². The van der Waals surface area contributed by atoms with E-state index in [1.807, 2.05) is 6.92 Å². The van der Waals surface area contributed by atoms with E-state index in [0.29, 0.717) is 23.8 Å². The number of para-hydroxylation sites is 1. The van der Waals surface area contributed by atoms with Gasteiger partial charge >= 0.3 is 0 Å². The van der Waals surface area contributed by atoms with Gasteiger partial charge in [-0.3, -0.25) is 0 Å². The summed E-state index contributed by atoms with van der Waals surface area (Å²) >= 11 is 0. The molecule has 3 nitrogen and oxygen atoms in total. The largest absolute Gasteiger partial charge is 0.491 e. The van der Waals surface area contributed by atoms with E-state index < -0.39 is 11.6 Å². The Morgan fingerprint density at radius 2 is 1.70 bits per heavy atom. The zero-order valence-electron chi connectivity index (χ0n) is 11.0. The van der Waals surface area contributed by atoms with Gasteiger partial charge in [-0.05, 0) is 18.6 Å². The van der Waals surface area contributed by atoms with Gasteiger partial charge in [0.1, 0.15) is 28.8 Å². The monoisotopic (exact) mass is 279 g/mol. The van der Waals surface area contributed by atoms with Gasteiger partial charge in [0.15, 0.2) is 5.75 Å². The maximum atomic E-state index is 13.1. The second-order valence-corrected chi connectivity index (χ2v) is 4.22. The molecule has 0 atom stereocenters. The number of hydrogen-bond donors (Lipinski definition) is 1. The molecular formula is C15H15F2NO2. The second kappa shape index (κ2) is 6.23. The molecule has 0 aromatic heterocycles. The Bertz CT molecular complexity index is 582. The van der Waals surface area contributed by atoms with Crippen LogP contribution in [0.4, 0.5) is 14.5 Å². The average molecular weight is 279 g/mol. The molecule has 0 heterocycles. The van der Waals surface area contributed by atoms with E-state index in [2.05, 4.69) is 0 Å². The minimum Gasteiger partial charge on any atom is -0.491 e. The van der Waals surface area contributed by atoms with Crippen LogP contribution in [0.25, 0.3) is 0 Å². The van der Waals surface area contributed by atoms with Gasteiger partial charge < -0.3 is 15.2 Å². The average Bonchev–Trinajstić information content (AvgIpc) is 2.38. The van der Waals surface area contributed by atoms with Crippen LogP contribution in [-0.4, -0.2) is 6.61 Å². The molecule has 0 aliphatic rings. The van der Waals surface area contributed by atoms with Crippen molar-refractivity contribution < 1.29 is 18.3 Å². The van der Waals surface area contributed by atoms with Gasteiger partial charge in [-0.1, -0.05) is 13.0 Å². The van der Waals surface area contributed by atoms with Crippen LogP contribution in [0.3, 0.4) is 0 Å². The van der Waals surface area contributed by atoms with E-state index >= 15 is 0 Å². The summed E-state index contributed by atoms with van der Waals surface area (Å²) in [6, 6.07) is 7.97. The Hall–Kier alpha value is -2.30. The molecule has 0 aliphatic heterocycles. The summed E-state index contributed by atoms with van der Waals surface area (Å²) in [6.07, 6.45) is 0.847. The van der Waals surface area contributed by atoms with E-state index in [0.717, 1.165) is 24.6 Å². The van der Waals surface area contributed by atoms with E-state index in [4.69, 9.17) is 15.2 Å². The third kappa shape index (κ3) is 3.38. The highest BCUT2D eigenvalue weighted by molar-refractivity contribution is 5.63. The van der Waals surface area contributed by atoms with Crippen LogP contribution in [0, 0.1) is 11.6 Å². The van der Waals surface area contributed by atoms with Crippen LogP contribution >= 0.6 is 0 Å². The van der Waals surface area contributed by atoms with Gasteiger partial charge in [-0.2, -0.15) is 0 Å². The van der Waals surface area contributed by atoms with Crippen LogP contribution in [0.2, 0.25) is 0 Å². The van der Waals surface area contributed by atoms with Gasteiger partial charge in [0.05, 0.1) is 6.61 Å². The van der Waals surface area contributed by atoms with Crippen molar-refractivity contribution in [3.05, 3.63) is 48.0 Å². The number of nitrogens with two attached hydrogens (primary N) is 1. The number of halogens is 2. The summed E-state index contributed by atoms with van der Waals surface area (Å²) < 4.78 is 37.1. The van der Waals surface area contributed by atoms with Crippen LogP contribution < -0.4 is 15.2 Å². The lowest BCUT2D eigenvalue weighted by Gasteiger charge is -2.12. The van der Waals surface area contributed by atoms with Crippen LogP contribution in [0.1, 0.15) is 13.3 Å².